The summed E-state index contributed by atoms with van der Waals surface area (Å²) < 4.78 is 15.7. The molecule has 17 heavy (non-hydrogen) atoms. The highest BCUT2D eigenvalue weighted by molar-refractivity contribution is 14.1. The highest BCUT2D eigenvalue weighted by Crippen LogP contribution is 2.19. The Morgan fingerprint density at radius 2 is 1.94 bits per heavy atom. The van der Waals surface area contributed by atoms with Gasteiger partial charge in [-0.3, -0.25) is 0 Å². The predicted molar refractivity (Wildman–Crippen MR) is 71.5 cm³/mol. The molecule has 0 spiro atoms. The largest absolute Gasteiger partial charge is 0.213 e. The zero-order valence-electron chi connectivity index (χ0n) is 8.64. The van der Waals surface area contributed by atoms with Crippen LogP contribution in [0.25, 0.3) is 16.7 Å². The van der Waals surface area contributed by atoms with Gasteiger partial charge in [-0.05, 0) is 46.9 Å². The number of fused-ring (bicyclic) bond motifs is 1. The highest BCUT2D eigenvalue weighted by atomic mass is 127. The smallest absolute Gasteiger partial charge is 0.138 e. The van der Waals surface area contributed by atoms with E-state index >= 15 is 0 Å². The van der Waals surface area contributed by atoms with Crippen molar-refractivity contribution in [1.29, 1.82) is 0 Å². The molecular weight excluding hydrogens is 332 g/mol. The molecule has 5 heteroatoms. The maximum absolute atomic E-state index is 13.5. The summed E-state index contributed by atoms with van der Waals surface area (Å²) in [5.41, 5.74) is 2.34. The van der Waals surface area contributed by atoms with Gasteiger partial charge in [-0.2, -0.15) is 0 Å². The number of hydrogen-bond acceptors (Lipinski definition) is 2. The summed E-state index contributed by atoms with van der Waals surface area (Å²) in [4.78, 5) is 0. The standard InChI is InChI=1S/C12H7FIN3/c13-9-7-8(5-6-10(9)14)17-12-4-2-1-3-11(12)15-16-17/h1-7H. The fraction of sp³-hybridized carbons (Fsp3) is 0. The van der Waals surface area contributed by atoms with Gasteiger partial charge < -0.3 is 0 Å². The maximum Gasteiger partial charge on any atom is 0.138 e. The molecular formula is C12H7FIN3. The average Bonchev–Trinajstić information content (AvgIpc) is 2.76. The van der Waals surface area contributed by atoms with Crippen molar-refractivity contribution >= 4 is 33.6 Å². The zero-order valence-corrected chi connectivity index (χ0v) is 10.8. The fourth-order valence-corrected chi connectivity index (χ4v) is 2.01. The number of nitrogens with zero attached hydrogens (tertiary/aromatic N) is 3. The lowest BCUT2D eigenvalue weighted by molar-refractivity contribution is 0.618. The lowest BCUT2D eigenvalue weighted by Crippen LogP contribution is -1.97. The summed E-state index contributed by atoms with van der Waals surface area (Å²) in [6, 6.07) is 12.6. The quantitative estimate of drug-likeness (QED) is 0.638. The first-order chi connectivity index (χ1) is 8.25. The van der Waals surface area contributed by atoms with Crippen molar-refractivity contribution in [3.05, 3.63) is 51.9 Å². The first-order valence-electron chi connectivity index (χ1n) is 5.01. The summed E-state index contributed by atoms with van der Waals surface area (Å²) in [5, 5.41) is 8.07. The second-order valence-corrected chi connectivity index (χ2v) is 4.75. The second kappa shape index (κ2) is 4.06. The summed E-state index contributed by atoms with van der Waals surface area (Å²) >= 11 is 1.96. The highest BCUT2D eigenvalue weighted by Gasteiger charge is 2.07. The van der Waals surface area contributed by atoms with Gasteiger partial charge in [0.25, 0.3) is 0 Å². The monoisotopic (exact) mass is 339 g/mol. The Morgan fingerprint density at radius 3 is 2.76 bits per heavy atom. The number of para-hydroxylation sites is 1. The Kier molecular flexibility index (Phi) is 2.54. The molecule has 0 bridgehead atoms. The Bertz CT molecular complexity index is 693. The molecule has 0 saturated heterocycles. The van der Waals surface area contributed by atoms with Gasteiger partial charge >= 0.3 is 0 Å². The van der Waals surface area contributed by atoms with Gasteiger partial charge in [0.15, 0.2) is 0 Å². The normalized spacial score (nSPS) is 10.9. The number of hydrogen-bond donors (Lipinski definition) is 0. The molecule has 3 nitrogen and oxygen atoms in total. The maximum atomic E-state index is 13.5. The summed E-state index contributed by atoms with van der Waals surface area (Å²) in [6.07, 6.45) is 0. The van der Waals surface area contributed by atoms with E-state index in [1.807, 2.05) is 52.9 Å². The minimum atomic E-state index is -0.248. The minimum Gasteiger partial charge on any atom is -0.213 e. The van der Waals surface area contributed by atoms with Crippen LogP contribution in [0.15, 0.2) is 42.5 Å². The van der Waals surface area contributed by atoms with Crippen molar-refractivity contribution in [3.63, 3.8) is 0 Å². The molecule has 0 unspecified atom stereocenters. The van der Waals surface area contributed by atoms with Crippen molar-refractivity contribution in [2.45, 2.75) is 0 Å². The van der Waals surface area contributed by atoms with Gasteiger partial charge in [0, 0.05) is 9.64 Å². The van der Waals surface area contributed by atoms with Gasteiger partial charge in [-0.15, -0.1) is 5.10 Å². The molecule has 3 rings (SSSR count). The molecule has 0 aliphatic rings. The van der Waals surface area contributed by atoms with Crippen LogP contribution in [0.2, 0.25) is 0 Å². The van der Waals surface area contributed by atoms with Crippen LogP contribution in [0.1, 0.15) is 0 Å². The van der Waals surface area contributed by atoms with Crippen LogP contribution < -0.4 is 0 Å². The Morgan fingerprint density at radius 1 is 1.12 bits per heavy atom. The van der Waals surface area contributed by atoms with E-state index in [0.717, 1.165) is 11.0 Å². The summed E-state index contributed by atoms with van der Waals surface area (Å²) in [5.74, 6) is -0.248. The van der Waals surface area contributed by atoms with E-state index in [1.165, 1.54) is 6.07 Å². The van der Waals surface area contributed by atoms with E-state index in [4.69, 9.17) is 0 Å². The third-order valence-corrected chi connectivity index (χ3v) is 3.37. The average molecular weight is 339 g/mol. The van der Waals surface area contributed by atoms with E-state index in [0.29, 0.717) is 9.26 Å². The third-order valence-electron chi connectivity index (χ3n) is 2.50. The van der Waals surface area contributed by atoms with Crippen molar-refractivity contribution in [2.24, 2.45) is 0 Å². The van der Waals surface area contributed by atoms with E-state index in [2.05, 4.69) is 10.3 Å². The number of aromatic nitrogens is 3. The molecule has 1 heterocycles. The van der Waals surface area contributed by atoms with E-state index in [1.54, 1.807) is 10.7 Å². The van der Waals surface area contributed by atoms with Crippen LogP contribution in [0.4, 0.5) is 4.39 Å². The topological polar surface area (TPSA) is 30.7 Å². The first kappa shape index (κ1) is 10.6. The van der Waals surface area contributed by atoms with Crippen LogP contribution >= 0.6 is 22.6 Å². The van der Waals surface area contributed by atoms with Crippen LogP contribution in [0.3, 0.4) is 0 Å². The SMILES string of the molecule is Fc1cc(-n2nnc3ccccc32)ccc1I. The molecule has 3 aromatic rings. The Balaban J connectivity index is 2.24. The minimum absolute atomic E-state index is 0.248. The first-order valence-corrected chi connectivity index (χ1v) is 6.09. The lowest BCUT2D eigenvalue weighted by atomic mass is 10.3. The number of rotatable bonds is 1. The van der Waals surface area contributed by atoms with Crippen molar-refractivity contribution in [1.82, 2.24) is 15.0 Å². The van der Waals surface area contributed by atoms with Crippen LogP contribution in [-0.2, 0) is 0 Å². The van der Waals surface area contributed by atoms with E-state index in [-0.39, 0.29) is 5.82 Å². The van der Waals surface area contributed by atoms with Gasteiger partial charge in [0.1, 0.15) is 11.3 Å². The van der Waals surface area contributed by atoms with Crippen LogP contribution in [0, 0.1) is 9.39 Å². The molecule has 0 aliphatic heterocycles. The second-order valence-electron chi connectivity index (χ2n) is 3.59. The molecule has 0 N–H and O–H groups in total. The Hall–Kier alpha value is -1.50. The zero-order chi connectivity index (χ0) is 11.8. The number of benzene rings is 2. The molecule has 0 saturated carbocycles. The van der Waals surface area contributed by atoms with Crippen LogP contribution in [0.5, 0.6) is 0 Å². The molecule has 0 amide bonds. The molecule has 2 aromatic carbocycles. The Labute approximate surface area is 110 Å². The number of halogens is 2. The van der Waals surface area contributed by atoms with Gasteiger partial charge in [0.05, 0.1) is 11.2 Å². The van der Waals surface area contributed by atoms with Crippen molar-refractivity contribution < 1.29 is 4.39 Å². The van der Waals surface area contributed by atoms with Gasteiger partial charge in [-0.1, -0.05) is 17.3 Å². The van der Waals surface area contributed by atoms with E-state index in [9.17, 15) is 4.39 Å². The molecule has 1 aromatic heterocycles. The summed E-state index contributed by atoms with van der Waals surface area (Å²) in [6.45, 7) is 0. The molecule has 0 aliphatic carbocycles. The van der Waals surface area contributed by atoms with Crippen LogP contribution in [-0.4, -0.2) is 15.0 Å². The van der Waals surface area contributed by atoms with E-state index < -0.39 is 0 Å². The predicted octanol–water partition coefficient (Wildman–Crippen LogP) is 3.16. The molecule has 0 fully saturated rings. The van der Waals surface area contributed by atoms with Gasteiger partial charge in [-0.25, -0.2) is 9.07 Å². The molecule has 0 radical (unpaired) electrons. The fourth-order valence-electron chi connectivity index (χ4n) is 1.68. The third kappa shape index (κ3) is 1.80. The summed E-state index contributed by atoms with van der Waals surface area (Å²) in [7, 11) is 0. The molecule has 84 valence electrons. The van der Waals surface area contributed by atoms with Crippen molar-refractivity contribution in [2.75, 3.05) is 0 Å². The van der Waals surface area contributed by atoms with Gasteiger partial charge in [0.2, 0.25) is 0 Å². The molecule has 0 atom stereocenters. The van der Waals surface area contributed by atoms with Crippen molar-refractivity contribution in [3.8, 4) is 5.69 Å². The lowest BCUT2D eigenvalue weighted by Gasteiger charge is -2.02.